The number of fused-ring (bicyclic) bond motifs is 2. The molecule has 14 heteroatoms. The highest BCUT2D eigenvalue weighted by Gasteiger charge is 2.33. The molecule has 0 saturated carbocycles. The van der Waals surface area contributed by atoms with E-state index in [9.17, 15) is 33.0 Å². The molecular formula is C44H51N5O8S. The van der Waals surface area contributed by atoms with Gasteiger partial charge in [0.15, 0.2) is 0 Å². The first-order valence-corrected chi connectivity index (χ1v) is 21.3. The molecule has 5 aromatic rings. The summed E-state index contributed by atoms with van der Waals surface area (Å²) in [4.78, 5) is 50.8. The van der Waals surface area contributed by atoms with Gasteiger partial charge in [-0.25, -0.2) is 18.1 Å². The van der Waals surface area contributed by atoms with E-state index in [1.165, 1.54) is 30.3 Å². The lowest BCUT2D eigenvalue weighted by Crippen LogP contribution is -2.46. The molecule has 0 aliphatic carbocycles. The summed E-state index contributed by atoms with van der Waals surface area (Å²) in [5, 5.41) is 21.4. The van der Waals surface area contributed by atoms with E-state index in [2.05, 4.69) is 18.6 Å². The summed E-state index contributed by atoms with van der Waals surface area (Å²) in [6.45, 7) is 5.42. The first-order chi connectivity index (χ1) is 28.1. The van der Waals surface area contributed by atoms with E-state index in [0.717, 1.165) is 42.2 Å². The van der Waals surface area contributed by atoms with Gasteiger partial charge in [0.2, 0.25) is 0 Å². The van der Waals surface area contributed by atoms with Crippen molar-refractivity contribution in [2.75, 3.05) is 39.5 Å². The fourth-order valence-corrected chi connectivity index (χ4v) is 8.19. The molecule has 3 amide bonds. The lowest BCUT2D eigenvalue weighted by molar-refractivity contribution is 0.0544. The van der Waals surface area contributed by atoms with Crippen LogP contribution in [0.5, 0.6) is 0 Å². The molecule has 3 N–H and O–H groups in total. The van der Waals surface area contributed by atoms with E-state index in [1.807, 2.05) is 36.4 Å². The van der Waals surface area contributed by atoms with Crippen LogP contribution >= 0.6 is 0 Å². The Labute approximate surface area is 339 Å². The Morgan fingerprint density at radius 2 is 1.59 bits per heavy atom. The van der Waals surface area contributed by atoms with Gasteiger partial charge >= 0.3 is 0 Å². The van der Waals surface area contributed by atoms with Crippen molar-refractivity contribution in [1.29, 1.82) is 0 Å². The molecule has 0 fully saturated rings. The Balaban J connectivity index is 1.43. The lowest BCUT2D eigenvalue weighted by atomic mass is 9.92. The van der Waals surface area contributed by atoms with Gasteiger partial charge in [-0.3, -0.25) is 14.4 Å². The van der Waals surface area contributed by atoms with Crippen LogP contribution in [0.15, 0.2) is 96.0 Å². The molecule has 1 atom stereocenters. The van der Waals surface area contributed by atoms with Crippen LogP contribution in [-0.2, 0) is 34.3 Å². The van der Waals surface area contributed by atoms with Gasteiger partial charge in [0, 0.05) is 43.5 Å². The van der Waals surface area contributed by atoms with Gasteiger partial charge in [-0.15, -0.1) is 0 Å². The average Bonchev–Trinajstić information content (AvgIpc) is 3.67. The van der Waals surface area contributed by atoms with Crippen LogP contribution in [0.25, 0.3) is 22.2 Å². The summed E-state index contributed by atoms with van der Waals surface area (Å²) >= 11 is 0. The van der Waals surface area contributed by atoms with Crippen molar-refractivity contribution >= 4 is 38.5 Å². The van der Waals surface area contributed by atoms with Gasteiger partial charge < -0.3 is 29.3 Å². The third-order valence-electron chi connectivity index (χ3n) is 10.4. The first kappa shape index (κ1) is 42.2. The Morgan fingerprint density at radius 3 is 2.29 bits per heavy atom. The van der Waals surface area contributed by atoms with Gasteiger partial charge in [0.05, 0.1) is 42.9 Å². The van der Waals surface area contributed by atoms with Crippen LogP contribution in [0.4, 0.5) is 0 Å². The summed E-state index contributed by atoms with van der Waals surface area (Å²) in [7, 11) is -4.33. The number of aliphatic hydroxyl groups excluding tert-OH is 2. The summed E-state index contributed by atoms with van der Waals surface area (Å²) in [5.41, 5.74) is 2.32. The SMILES string of the molecule is CCCCN(CCCC)C(=O)c1cn(CCOCCO)c(-c2ccc(C(=O)NS(=O)(=O)c3ccc4ccccc4c3)cc2C(=O)N2Cc3ccccc3C[C@H]2CO)n1. The van der Waals surface area contributed by atoms with E-state index < -0.39 is 27.9 Å². The van der Waals surface area contributed by atoms with Crippen LogP contribution in [0.1, 0.15) is 81.9 Å². The molecule has 0 spiro atoms. The molecule has 1 aliphatic rings. The minimum absolute atomic E-state index is 0.0320. The maximum atomic E-state index is 14.9. The number of ether oxygens (including phenoxy) is 1. The largest absolute Gasteiger partial charge is 0.394 e. The number of hydrogen-bond donors (Lipinski definition) is 3. The van der Waals surface area contributed by atoms with Crippen LogP contribution in [0.2, 0.25) is 0 Å². The number of rotatable bonds is 18. The number of benzene rings is 4. The van der Waals surface area contributed by atoms with E-state index in [0.29, 0.717) is 30.5 Å². The fraction of sp³-hybridized carbons (Fsp3) is 0.364. The first-order valence-electron chi connectivity index (χ1n) is 19.8. The second-order valence-electron chi connectivity index (χ2n) is 14.4. The van der Waals surface area contributed by atoms with Crippen molar-refractivity contribution in [3.63, 3.8) is 0 Å². The smallest absolute Gasteiger partial charge is 0.274 e. The molecule has 13 nitrogen and oxygen atoms in total. The number of carbonyl (C=O) groups is 3. The van der Waals surface area contributed by atoms with Gasteiger partial charge in [-0.1, -0.05) is 81.3 Å². The maximum Gasteiger partial charge on any atom is 0.274 e. The predicted octanol–water partition coefficient (Wildman–Crippen LogP) is 5.43. The maximum absolute atomic E-state index is 14.9. The normalized spacial score (nSPS) is 14.0. The molecule has 58 heavy (non-hydrogen) atoms. The van der Waals surface area contributed by atoms with Crippen molar-refractivity contribution in [3.8, 4) is 11.4 Å². The van der Waals surface area contributed by atoms with Crippen LogP contribution in [-0.4, -0.2) is 101 Å². The zero-order valence-electron chi connectivity index (χ0n) is 33.0. The van der Waals surface area contributed by atoms with Crippen molar-refractivity contribution < 1.29 is 37.8 Å². The Hall–Kier alpha value is -5.41. The van der Waals surface area contributed by atoms with Crippen molar-refractivity contribution in [2.45, 2.75) is 70.0 Å². The predicted molar refractivity (Wildman–Crippen MR) is 221 cm³/mol. The zero-order chi connectivity index (χ0) is 41.2. The number of sulfonamides is 1. The second-order valence-corrected chi connectivity index (χ2v) is 16.1. The van der Waals surface area contributed by atoms with Crippen molar-refractivity contribution in [3.05, 3.63) is 119 Å². The molecule has 306 valence electrons. The Kier molecular flexibility index (Phi) is 14.1. The zero-order valence-corrected chi connectivity index (χ0v) is 33.8. The molecule has 0 radical (unpaired) electrons. The molecule has 6 rings (SSSR count). The summed E-state index contributed by atoms with van der Waals surface area (Å²) < 4.78 is 36.6. The number of nitrogens with zero attached hydrogens (tertiary/aromatic N) is 4. The number of carbonyl (C=O) groups excluding carboxylic acids is 3. The number of unbranched alkanes of at least 4 members (excludes halogenated alkanes) is 2. The highest BCUT2D eigenvalue weighted by Crippen LogP contribution is 2.31. The average molecular weight is 810 g/mol. The van der Waals surface area contributed by atoms with E-state index in [1.54, 1.807) is 38.8 Å². The number of aromatic nitrogens is 2. The van der Waals surface area contributed by atoms with E-state index >= 15 is 0 Å². The highest BCUT2D eigenvalue weighted by molar-refractivity contribution is 7.90. The third-order valence-corrected chi connectivity index (χ3v) is 11.7. The molecule has 0 bridgehead atoms. The minimum atomic E-state index is -4.33. The molecule has 2 heterocycles. The van der Waals surface area contributed by atoms with Crippen molar-refractivity contribution in [1.82, 2.24) is 24.1 Å². The van der Waals surface area contributed by atoms with Crippen LogP contribution in [0, 0.1) is 0 Å². The van der Waals surface area contributed by atoms with Gasteiger partial charge in [-0.2, -0.15) is 0 Å². The third kappa shape index (κ3) is 9.64. The van der Waals surface area contributed by atoms with Gasteiger partial charge in [0.1, 0.15) is 11.5 Å². The molecule has 1 aliphatic heterocycles. The Bertz CT molecular complexity index is 2350. The lowest BCUT2D eigenvalue weighted by Gasteiger charge is -2.36. The summed E-state index contributed by atoms with van der Waals surface area (Å²) in [5.74, 6) is -1.45. The molecule has 0 saturated heterocycles. The van der Waals surface area contributed by atoms with Crippen LogP contribution < -0.4 is 4.72 Å². The monoisotopic (exact) mass is 809 g/mol. The quantitative estimate of drug-likeness (QED) is 0.0977. The second kappa shape index (κ2) is 19.4. The van der Waals surface area contributed by atoms with E-state index in [4.69, 9.17) is 9.72 Å². The molecule has 1 aromatic heterocycles. The number of aliphatic hydroxyl groups is 2. The summed E-state index contributed by atoms with van der Waals surface area (Å²) in [6.07, 6.45) is 5.48. The number of hydrogen-bond acceptors (Lipinski definition) is 9. The van der Waals surface area contributed by atoms with Gasteiger partial charge in [0.25, 0.3) is 27.7 Å². The van der Waals surface area contributed by atoms with Gasteiger partial charge in [-0.05, 0) is 71.5 Å². The molecule has 4 aromatic carbocycles. The standard InChI is InChI=1S/C44H51N5O8S/c1-3-5-19-47(20-6-4-2)44(54)40-29-48(21-23-57-24-22-50)41(45-40)38-18-16-34(42(52)46-58(55,56)37-17-15-31-11-7-8-13-33(31)26-37)27-39(38)43(53)49-28-35-14-10-9-12-32(35)25-36(49)30-51/h7-18,26-27,29,36,50-51H,3-6,19-25,28,30H2,1-2H3,(H,46,52)/t36-/m0/s1. The summed E-state index contributed by atoms with van der Waals surface area (Å²) in [6, 6.07) is 23.2. The number of amides is 3. The highest BCUT2D eigenvalue weighted by atomic mass is 32.2. The number of imidazole rings is 1. The molecular weight excluding hydrogens is 759 g/mol. The topological polar surface area (TPSA) is 171 Å². The fourth-order valence-electron chi connectivity index (χ4n) is 7.18. The number of nitrogens with one attached hydrogen (secondary N) is 1. The van der Waals surface area contributed by atoms with Crippen LogP contribution in [0.3, 0.4) is 0 Å². The van der Waals surface area contributed by atoms with E-state index in [-0.39, 0.29) is 73.0 Å². The minimum Gasteiger partial charge on any atom is -0.394 e. The molecule has 0 unspecified atom stereocenters. The van der Waals surface area contributed by atoms with Crippen molar-refractivity contribution in [2.24, 2.45) is 0 Å². The Morgan fingerprint density at radius 1 is 0.879 bits per heavy atom.